The number of hydrogen-bond donors (Lipinski definition) is 4. The summed E-state index contributed by atoms with van der Waals surface area (Å²) in [6.07, 6.45) is 6.59. The Kier molecular flexibility index (Phi) is 10.1. The Morgan fingerprint density at radius 3 is 2.68 bits per heavy atom. The zero-order valence-corrected chi connectivity index (χ0v) is 28.1. The third-order valence-corrected chi connectivity index (χ3v) is 13.4. The molecule has 4 aliphatic rings. The number of nitrogens with one attached hydrogen (secondary N) is 2. The number of ether oxygens (including phenoxy) is 1. The monoisotopic (exact) mass is 625 g/mol. The van der Waals surface area contributed by atoms with Gasteiger partial charge >= 0.3 is 5.97 Å². The average Bonchev–Trinajstić information content (AvgIpc) is 3.20. The number of benzene rings is 1. The second kappa shape index (κ2) is 13.2. The van der Waals surface area contributed by atoms with Gasteiger partial charge in [0.15, 0.2) is 0 Å². The largest absolute Gasteiger partial charge is 0.461 e. The van der Waals surface area contributed by atoms with E-state index >= 15 is 0 Å². The second-order valence-corrected chi connectivity index (χ2v) is 15.9. The summed E-state index contributed by atoms with van der Waals surface area (Å²) in [5.74, 6) is 0.796. The summed E-state index contributed by atoms with van der Waals surface area (Å²) in [5, 5.41) is 18.7. The summed E-state index contributed by atoms with van der Waals surface area (Å²) in [6, 6.07) is 8.33. The van der Waals surface area contributed by atoms with Crippen molar-refractivity contribution in [3.8, 4) is 0 Å². The Labute approximate surface area is 268 Å². The number of ketones is 1. The lowest BCUT2D eigenvalue weighted by atomic mass is 9.32. The number of carbonyl (C=O) groups is 2. The number of esters is 1. The van der Waals surface area contributed by atoms with E-state index in [1.807, 2.05) is 18.2 Å². The maximum absolute atomic E-state index is 13.6. The molecule has 0 aliphatic heterocycles. The van der Waals surface area contributed by atoms with Crippen molar-refractivity contribution in [2.45, 2.75) is 96.3 Å². The number of nitrogens with two attached hydrogens (primary N) is 1. The van der Waals surface area contributed by atoms with Crippen molar-refractivity contribution in [2.75, 3.05) is 31.9 Å². The standard InChI is InChI=1S/C36H55N3O4S/c1-6-33(4)20-29(34(5)24(2)19-36-23-35(32(34)36,13-12-28(36)40)25(3)31(33)42)43-30(41)22-44-27-11-7-10-26(18-27)21-39-17-9-16-38-15-8-14-37/h6-7,10-11,18,24-25,29,31-32,38-39,42H,1,8-9,12-17,19-23,37H2,2-5H3/t24?,25-,29+,31-,32?,33+,34-,35?,36?/m0/s1. The molecule has 44 heavy (non-hydrogen) atoms. The fourth-order valence-corrected chi connectivity index (χ4v) is 10.8. The van der Waals surface area contributed by atoms with Gasteiger partial charge in [0, 0.05) is 34.1 Å². The lowest BCUT2D eigenvalue weighted by Crippen LogP contribution is -2.71. The third kappa shape index (κ3) is 5.72. The van der Waals surface area contributed by atoms with Crippen molar-refractivity contribution >= 4 is 23.5 Å². The molecule has 1 aromatic rings. The van der Waals surface area contributed by atoms with Crippen LogP contribution in [0.2, 0.25) is 0 Å². The van der Waals surface area contributed by atoms with Crippen molar-refractivity contribution in [1.29, 1.82) is 0 Å². The van der Waals surface area contributed by atoms with Gasteiger partial charge in [0.1, 0.15) is 11.9 Å². The molecule has 2 bridgehead atoms. The van der Waals surface area contributed by atoms with Crippen LogP contribution in [0.1, 0.15) is 78.2 Å². The first-order valence-corrected chi connectivity index (χ1v) is 17.8. The van der Waals surface area contributed by atoms with Crippen LogP contribution in [0, 0.1) is 39.4 Å². The molecule has 244 valence electrons. The lowest BCUT2D eigenvalue weighted by Gasteiger charge is -2.71. The highest BCUT2D eigenvalue weighted by atomic mass is 32.2. The molecule has 0 amide bonds. The Morgan fingerprint density at radius 2 is 1.93 bits per heavy atom. The normalized spacial score (nSPS) is 39.1. The molecule has 2 spiro atoms. The highest BCUT2D eigenvalue weighted by Gasteiger charge is 2.81. The minimum atomic E-state index is -0.606. The van der Waals surface area contributed by atoms with Crippen molar-refractivity contribution in [3.63, 3.8) is 0 Å². The van der Waals surface area contributed by atoms with E-state index in [0.717, 1.165) is 69.7 Å². The van der Waals surface area contributed by atoms with Gasteiger partial charge in [0.2, 0.25) is 0 Å². The molecule has 9 atom stereocenters. The van der Waals surface area contributed by atoms with E-state index in [4.69, 9.17) is 10.5 Å². The van der Waals surface area contributed by atoms with E-state index < -0.39 is 17.6 Å². The van der Waals surface area contributed by atoms with Gasteiger partial charge in [-0.15, -0.1) is 18.3 Å². The number of aliphatic hydroxyl groups is 1. The number of carbonyl (C=O) groups excluding carboxylic acids is 2. The van der Waals surface area contributed by atoms with Gasteiger partial charge < -0.3 is 26.2 Å². The molecule has 5 rings (SSSR count). The molecule has 4 saturated carbocycles. The van der Waals surface area contributed by atoms with Crippen LogP contribution in [0.3, 0.4) is 0 Å². The molecule has 7 nitrogen and oxygen atoms in total. The number of hydrogen-bond acceptors (Lipinski definition) is 8. The molecule has 4 fully saturated rings. The Bertz CT molecular complexity index is 1230. The number of rotatable bonds is 14. The van der Waals surface area contributed by atoms with Gasteiger partial charge in [-0.3, -0.25) is 9.59 Å². The van der Waals surface area contributed by atoms with Crippen molar-refractivity contribution in [1.82, 2.24) is 10.6 Å². The molecule has 0 saturated heterocycles. The molecule has 1 aromatic carbocycles. The van der Waals surface area contributed by atoms with Gasteiger partial charge in [-0.05, 0) is 106 Å². The van der Waals surface area contributed by atoms with Crippen LogP contribution in [-0.4, -0.2) is 61.0 Å². The van der Waals surface area contributed by atoms with Crippen LogP contribution in [0.4, 0.5) is 0 Å². The highest BCUT2D eigenvalue weighted by Crippen LogP contribution is 2.82. The summed E-state index contributed by atoms with van der Waals surface area (Å²) < 4.78 is 6.48. The fraction of sp³-hybridized carbons (Fsp3) is 0.722. The third-order valence-electron chi connectivity index (χ3n) is 12.5. The molecule has 8 heteroatoms. The maximum Gasteiger partial charge on any atom is 0.316 e. The van der Waals surface area contributed by atoms with Crippen LogP contribution in [0.5, 0.6) is 0 Å². The van der Waals surface area contributed by atoms with E-state index in [1.54, 1.807) is 0 Å². The number of aliphatic hydroxyl groups excluding tert-OH is 1. The van der Waals surface area contributed by atoms with Gasteiger partial charge in [-0.25, -0.2) is 0 Å². The zero-order chi connectivity index (χ0) is 31.8. The van der Waals surface area contributed by atoms with E-state index in [0.29, 0.717) is 18.6 Å². The maximum atomic E-state index is 13.6. The van der Waals surface area contributed by atoms with E-state index in [1.165, 1.54) is 17.3 Å². The quantitative estimate of drug-likeness (QED) is 0.0978. The Hall–Kier alpha value is -1.71. The van der Waals surface area contributed by atoms with Crippen molar-refractivity contribution < 1.29 is 19.4 Å². The van der Waals surface area contributed by atoms with E-state index in [-0.39, 0.29) is 45.7 Å². The summed E-state index contributed by atoms with van der Waals surface area (Å²) in [7, 11) is 0. The van der Waals surface area contributed by atoms with Crippen molar-refractivity contribution in [2.24, 2.45) is 45.1 Å². The molecule has 0 aromatic heterocycles. The van der Waals surface area contributed by atoms with Crippen LogP contribution in [0.25, 0.3) is 0 Å². The van der Waals surface area contributed by atoms with Crippen LogP contribution >= 0.6 is 11.8 Å². The minimum absolute atomic E-state index is 0.0494. The molecular weight excluding hydrogens is 570 g/mol. The molecule has 5 N–H and O–H groups in total. The molecule has 0 heterocycles. The number of Topliss-reactive ketones (excluding diaryl/α,β-unsaturated/α-hetero) is 1. The molecule has 0 radical (unpaired) electrons. The van der Waals surface area contributed by atoms with E-state index in [2.05, 4.69) is 57.0 Å². The van der Waals surface area contributed by atoms with Crippen LogP contribution in [-0.2, 0) is 20.9 Å². The zero-order valence-electron chi connectivity index (χ0n) is 27.3. The van der Waals surface area contributed by atoms with Gasteiger partial charge in [-0.1, -0.05) is 45.9 Å². The number of thioether (sulfide) groups is 1. The highest BCUT2D eigenvalue weighted by molar-refractivity contribution is 8.00. The predicted molar refractivity (Wildman–Crippen MR) is 177 cm³/mol. The van der Waals surface area contributed by atoms with E-state index in [9.17, 15) is 14.7 Å². The van der Waals surface area contributed by atoms with Crippen LogP contribution < -0.4 is 16.4 Å². The Morgan fingerprint density at radius 1 is 1.18 bits per heavy atom. The Balaban J connectivity index is 1.25. The predicted octanol–water partition coefficient (Wildman–Crippen LogP) is 5.10. The summed E-state index contributed by atoms with van der Waals surface area (Å²) >= 11 is 1.50. The fourth-order valence-electron chi connectivity index (χ4n) is 10.0. The smallest absolute Gasteiger partial charge is 0.316 e. The first-order chi connectivity index (χ1) is 21.0. The topological polar surface area (TPSA) is 114 Å². The first-order valence-electron chi connectivity index (χ1n) is 16.8. The van der Waals surface area contributed by atoms with Crippen molar-refractivity contribution in [3.05, 3.63) is 42.5 Å². The second-order valence-electron chi connectivity index (χ2n) is 14.9. The molecule has 4 aliphatic carbocycles. The van der Waals surface area contributed by atoms with Gasteiger partial charge in [-0.2, -0.15) is 0 Å². The summed E-state index contributed by atoms with van der Waals surface area (Å²) in [4.78, 5) is 28.1. The summed E-state index contributed by atoms with van der Waals surface area (Å²) in [5.41, 5.74) is 5.37. The molecule has 4 unspecified atom stereocenters. The minimum Gasteiger partial charge on any atom is -0.461 e. The first kappa shape index (κ1) is 33.6. The van der Waals surface area contributed by atoms with Crippen LogP contribution in [0.15, 0.2) is 41.8 Å². The van der Waals surface area contributed by atoms with Gasteiger partial charge in [0.05, 0.1) is 11.9 Å². The lowest BCUT2D eigenvalue weighted by molar-refractivity contribution is -0.257. The summed E-state index contributed by atoms with van der Waals surface area (Å²) in [6.45, 7) is 17.3. The molecular formula is C36H55N3O4S. The SMILES string of the molecule is C=C[C@]1(C)C[C@@H](OC(=O)CSc2cccc(CNCCCNCCCN)c2)[C@]2(C)C(C)CC34CC(CCC3=O)(C42)[C@@H](C)[C@@H]1O. The van der Waals surface area contributed by atoms with Gasteiger partial charge in [0.25, 0.3) is 0 Å². The average molecular weight is 626 g/mol.